The van der Waals surface area contributed by atoms with Crippen LogP contribution in [0.1, 0.15) is 68.9 Å². The average molecular weight is 543 g/mol. The van der Waals surface area contributed by atoms with Gasteiger partial charge in [-0.05, 0) is 137 Å². The molecule has 2 saturated heterocycles. The lowest BCUT2D eigenvalue weighted by Crippen LogP contribution is -2.58. The Morgan fingerprint density at radius 1 is 0.889 bits per heavy atom. The molecule has 0 amide bonds. The maximum atomic E-state index is 3.84. The summed E-state index contributed by atoms with van der Waals surface area (Å²) in [5, 5.41) is 9.51. The van der Waals surface area contributed by atoms with Crippen LogP contribution in [-0.4, -0.2) is 40.4 Å². The second kappa shape index (κ2) is 10.00. The van der Waals surface area contributed by atoms with E-state index in [1.165, 1.54) is 90.1 Å². The van der Waals surface area contributed by atoms with Crippen LogP contribution < -0.4 is 15.8 Å². The van der Waals surface area contributed by atoms with E-state index < -0.39 is 8.07 Å². The molecule has 4 aliphatic carbocycles. The van der Waals surface area contributed by atoms with Gasteiger partial charge < -0.3 is 10.6 Å². The molecule has 0 radical (unpaired) electrons. The molecular formula is C31H52N2P2Si. The van der Waals surface area contributed by atoms with Crippen LogP contribution in [0.25, 0.3) is 0 Å². The molecule has 0 spiro atoms. The van der Waals surface area contributed by atoms with Gasteiger partial charge in [0.1, 0.15) is 0 Å². The van der Waals surface area contributed by atoms with Gasteiger partial charge in [-0.1, -0.05) is 43.0 Å². The molecule has 2 aliphatic heterocycles. The van der Waals surface area contributed by atoms with Crippen molar-refractivity contribution in [3.8, 4) is 0 Å². The zero-order valence-electron chi connectivity index (χ0n) is 23.3. The average Bonchev–Trinajstić information content (AvgIpc) is 2.89. The number of benzene rings is 1. The summed E-state index contributed by atoms with van der Waals surface area (Å²) >= 11 is 0. The van der Waals surface area contributed by atoms with E-state index >= 15 is 0 Å². The van der Waals surface area contributed by atoms with E-state index in [0.29, 0.717) is 17.3 Å². The highest BCUT2D eigenvalue weighted by Crippen LogP contribution is 2.65. The van der Waals surface area contributed by atoms with E-state index in [-0.39, 0.29) is 5.16 Å². The van der Waals surface area contributed by atoms with Crippen molar-refractivity contribution in [2.24, 2.45) is 35.5 Å². The Hall–Kier alpha value is 0.217. The fourth-order valence-corrected chi connectivity index (χ4v) is 12.8. The molecule has 1 aromatic carbocycles. The van der Waals surface area contributed by atoms with Gasteiger partial charge in [-0.15, -0.1) is 18.5 Å². The minimum atomic E-state index is -1.43. The van der Waals surface area contributed by atoms with Crippen LogP contribution in [0, 0.1) is 35.5 Å². The third kappa shape index (κ3) is 4.25. The molecule has 1 aromatic rings. The van der Waals surface area contributed by atoms with Gasteiger partial charge in [-0.25, -0.2) is 0 Å². The summed E-state index contributed by atoms with van der Waals surface area (Å²) in [5.74, 6) is 5.24. The summed E-state index contributed by atoms with van der Waals surface area (Å²) in [7, 11) is 5.49. The minimum absolute atomic E-state index is 0.160. The highest BCUT2D eigenvalue weighted by molar-refractivity contribution is 7.18. The Morgan fingerprint density at radius 2 is 1.44 bits per heavy atom. The first-order valence-corrected chi connectivity index (χ1v) is 20.2. The number of piperidine rings is 2. The third-order valence-electron chi connectivity index (χ3n) is 11.7. The first-order valence-electron chi connectivity index (χ1n) is 15.3. The van der Waals surface area contributed by atoms with Crippen molar-refractivity contribution in [1.29, 1.82) is 0 Å². The standard InChI is InChI=1S/C31H52N2P2Si/c1-36(2,3)27-8-9-28(30(20-34)25-13-21-12-22(15-25)16-26(30)14-21)29(17-27)31(35,23-6-4-10-32-18-23)24-7-5-11-33-19-24/h8-9,17,21-26,32-33H,4-7,10-16,18-20,34-35H2,1-3H3. The molecule has 4 unspecified atom stereocenters. The van der Waals surface area contributed by atoms with Crippen molar-refractivity contribution in [2.75, 3.05) is 32.3 Å². The van der Waals surface area contributed by atoms with Gasteiger partial charge in [0.2, 0.25) is 0 Å². The van der Waals surface area contributed by atoms with Crippen molar-refractivity contribution in [2.45, 2.75) is 88.0 Å². The largest absolute Gasteiger partial charge is 0.316 e. The van der Waals surface area contributed by atoms with Crippen molar-refractivity contribution >= 4 is 31.7 Å². The molecule has 2 nitrogen and oxygen atoms in total. The van der Waals surface area contributed by atoms with Gasteiger partial charge in [0, 0.05) is 10.6 Å². The van der Waals surface area contributed by atoms with Gasteiger partial charge in [0.15, 0.2) is 0 Å². The number of hydrogen-bond donors (Lipinski definition) is 2. The summed E-state index contributed by atoms with van der Waals surface area (Å²) < 4.78 is 0. The lowest BCUT2D eigenvalue weighted by molar-refractivity contribution is -0.0508. The number of rotatable bonds is 6. The monoisotopic (exact) mass is 542 g/mol. The minimum Gasteiger partial charge on any atom is -0.316 e. The lowest BCUT2D eigenvalue weighted by Gasteiger charge is -2.63. The maximum Gasteiger partial charge on any atom is 0.0776 e. The molecule has 2 N–H and O–H groups in total. The Labute approximate surface area is 227 Å². The van der Waals surface area contributed by atoms with Crippen LogP contribution in [0.2, 0.25) is 19.6 Å². The fourth-order valence-electron chi connectivity index (χ4n) is 9.98. The first kappa shape index (κ1) is 26.4. The van der Waals surface area contributed by atoms with Crippen molar-refractivity contribution in [3.63, 3.8) is 0 Å². The molecule has 200 valence electrons. The molecular weight excluding hydrogens is 490 g/mol. The number of hydrogen-bond acceptors (Lipinski definition) is 2. The summed E-state index contributed by atoms with van der Waals surface area (Å²) in [5.41, 5.74) is 3.93. The zero-order chi connectivity index (χ0) is 25.1. The maximum absolute atomic E-state index is 3.84. The van der Waals surface area contributed by atoms with Crippen LogP contribution in [0.15, 0.2) is 18.2 Å². The lowest BCUT2D eigenvalue weighted by atomic mass is 9.43. The van der Waals surface area contributed by atoms with Gasteiger partial charge >= 0.3 is 0 Å². The summed E-state index contributed by atoms with van der Waals surface area (Å²) in [6.07, 6.45) is 14.2. The van der Waals surface area contributed by atoms with Gasteiger partial charge in [-0.3, -0.25) is 0 Å². The second-order valence-electron chi connectivity index (χ2n) is 14.6. The van der Waals surface area contributed by atoms with E-state index in [4.69, 9.17) is 0 Å². The molecule has 5 heteroatoms. The summed E-state index contributed by atoms with van der Waals surface area (Å²) in [4.78, 5) is 0. The van der Waals surface area contributed by atoms with Crippen molar-refractivity contribution in [3.05, 3.63) is 29.3 Å². The normalized spacial score (nSPS) is 40.2. The van der Waals surface area contributed by atoms with Gasteiger partial charge in [-0.2, -0.15) is 0 Å². The third-order valence-corrected chi connectivity index (χ3v) is 15.7. The van der Waals surface area contributed by atoms with Crippen LogP contribution in [-0.2, 0) is 10.6 Å². The van der Waals surface area contributed by atoms with Crippen LogP contribution >= 0.6 is 18.5 Å². The Kier molecular flexibility index (Phi) is 7.34. The van der Waals surface area contributed by atoms with E-state index in [2.05, 4.69) is 67.0 Å². The van der Waals surface area contributed by atoms with E-state index in [1.54, 1.807) is 16.3 Å². The van der Waals surface area contributed by atoms with Crippen LogP contribution in [0.5, 0.6) is 0 Å². The molecule has 6 fully saturated rings. The van der Waals surface area contributed by atoms with Gasteiger partial charge in [0.05, 0.1) is 8.07 Å². The molecule has 7 rings (SSSR count). The summed E-state index contributed by atoms with van der Waals surface area (Å²) in [6, 6.07) is 8.10. The molecule has 4 bridgehead atoms. The quantitative estimate of drug-likeness (QED) is 0.347. The molecule has 0 aromatic heterocycles. The van der Waals surface area contributed by atoms with Crippen molar-refractivity contribution in [1.82, 2.24) is 10.6 Å². The molecule has 2 heterocycles. The van der Waals surface area contributed by atoms with E-state index in [1.807, 2.05) is 0 Å². The highest BCUT2D eigenvalue weighted by atomic mass is 31.0. The zero-order valence-corrected chi connectivity index (χ0v) is 26.6. The molecule has 6 aliphatic rings. The smallest absolute Gasteiger partial charge is 0.0776 e. The second-order valence-corrected chi connectivity index (χ2v) is 21.0. The Morgan fingerprint density at radius 3 is 1.89 bits per heavy atom. The van der Waals surface area contributed by atoms with E-state index in [9.17, 15) is 0 Å². The van der Waals surface area contributed by atoms with Gasteiger partial charge in [0.25, 0.3) is 0 Å². The Bertz CT molecular complexity index is 898. The van der Waals surface area contributed by atoms with Crippen molar-refractivity contribution < 1.29 is 0 Å². The predicted octanol–water partition coefficient (Wildman–Crippen LogP) is 5.87. The molecule has 4 atom stereocenters. The number of nitrogens with one attached hydrogen (secondary N) is 2. The SMILES string of the molecule is C[Si](C)(C)c1ccc(C2(CP)C3CC4CC(C3)CC2C4)c(C(P)(C2CCCNC2)C2CCCNC2)c1. The molecule has 36 heavy (non-hydrogen) atoms. The molecule has 4 saturated carbocycles. The Balaban J connectivity index is 1.55. The van der Waals surface area contributed by atoms with Crippen LogP contribution in [0.3, 0.4) is 0 Å². The topological polar surface area (TPSA) is 24.1 Å². The predicted molar refractivity (Wildman–Crippen MR) is 165 cm³/mol. The highest BCUT2D eigenvalue weighted by Gasteiger charge is 2.59. The van der Waals surface area contributed by atoms with E-state index in [0.717, 1.165) is 23.7 Å². The summed E-state index contributed by atoms with van der Waals surface area (Å²) in [6.45, 7) is 12.4. The first-order chi connectivity index (χ1) is 17.3. The fraction of sp³-hybridized carbons (Fsp3) is 0.806. The van der Waals surface area contributed by atoms with Crippen LogP contribution in [0.4, 0.5) is 0 Å².